The maximum absolute atomic E-state index is 12.6. The molecule has 1 rings (SSSR count). The Labute approximate surface area is 118 Å². The summed E-state index contributed by atoms with van der Waals surface area (Å²) >= 11 is 0. The summed E-state index contributed by atoms with van der Waals surface area (Å²) in [7, 11) is 0. The zero-order valence-corrected chi connectivity index (χ0v) is 12.0. The highest BCUT2D eigenvalue weighted by molar-refractivity contribution is 5.78. The molecule has 1 saturated carbocycles. The Balaban J connectivity index is 2.51. The van der Waals surface area contributed by atoms with E-state index in [0.717, 1.165) is 12.8 Å². The molecule has 1 aliphatic carbocycles. The van der Waals surface area contributed by atoms with E-state index in [1.807, 2.05) is 6.92 Å². The van der Waals surface area contributed by atoms with E-state index in [1.165, 1.54) is 0 Å². The van der Waals surface area contributed by atoms with Crippen LogP contribution in [0.25, 0.3) is 0 Å². The smallest absolute Gasteiger partial charge is 0.391 e. The summed E-state index contributed by atoms with van der Waals surface area (Å²) in [5, 5.41) is 8.99. The summed E-state index contributed by atoms with van der Waals surface area (Å²) in [5.41, 5.74) is 0. The molecule has 1 amide bonds. The number of hydrogen-bond donors (Lipinski definition) is 1. The molecule has 0 spiro atoms. The Hall–Kier alpha value is -0.780. The minimum Gasteiger partial charge on any atom is -0.395 e. The number of aliphatic hydroxyl groups is 1. The van der Waals surface area contributed by atoms with Gasteiger partial charge in [0.15, 0.2) is 0 Å². The van der Waals surface area contributed by atoms with E-state index in [9.17, 15) is 18.0 Å². The van der Waals surface area contributed by atoms with Crippen molar-refractivity contribution >= 4 is 5.91 Å². The van der Waals surface area contributed by atoms with Crippen LogP contribution in [0.2, 0.25) is 0 Å². The van der Waals surface area contributed by atoms with E-state index < -0.39 is 12.1 Å². The second-order valence-electron chi connectivity index (χ2n) is 5.49. The molecule has 1 N–H and O–H groups in total. The molecule has 0 aromatic rings. The Morgan fingerprint density at radius 2 is 1.80 bits per heavy atom. The van der Waals surface area contributed by atoms with Crippen molar-refractivity contribution in [1.82, 2.24) is 4.90 Å². The van der Waals surface area contributed by atoms with Gasteiger partial charge in [-0.3, -0.25) is 4.79 Å². The molecule has 0 aliphatic heterocycles. The van der Waals surface area contributed by atoms with Crippen LogP contribution < -0.4 is 0 Å². The van der Waals surface area contributed by atoms with Crippen molar-refractivity contribution in [1.29, 1.82) is 0 Å². The van der Waals surface area contributed by atoms with Gasteiger partial charge in [0.25, 0.3) is 0 Å². The molecule has 0 unspecified atom stereocenters. The number of alkyl halides is 3. The first-order valence-electron chi connectivity index (χ1n) is 7.36. The highest BCUT2D eigenvalue weighted by Crippen LogP contribution is 2.39. The lowest BCUT2D eigenvalue weighted by Crippen LogP contribution is -2.41. The fourth-order valence-corrected chi connectivity index (χ4v) is 2.73. The topological polar surface area (TPSA) is 40.5 Å². The van der Waals surface area contributed by atoms with Crippen LogP contribution in [0.1, 0.15) is 45.4 Å². The van der Waals surface area contributed by atoms with Gasteiger partial charge in [0, 0.05) is 19.0 Å². The Kier molecular flexibility index (Phi) is 6.79. The number of amides is 1. The summed E-state index contributed by atoms with van der Waals surface area (Å²) in [6.45, 7) is 2.76. The summed E-state index contributed by atoms with van der Waals surface area (Å²) in [5.74, 6) is -1.65. The number of carbonyl (C=O) groups is 1. The molecule has 118 valence electrons. The number of aliphatic hydroxyl groups excluding tert-OH is 1. The van der Waals surface area contributed by atoms with Crippen LogP contribution in [0.15, 0.2) is 0 Å². The Morgan fingerprint density at radius 1 is 1.20 bits per heavy atom. The molecule has 0 heterocycles. The van der Waals surface area contributed by atoms with Gasteiger partial charge < -0.3 is 10.0 Å². The van der Waals surface area contributed by atoms with Gasteiger partial charge in [-0.1, -0.05) is 13.3 Å². The first kappa shape index (κ1) is 17.3. The molecule has 1 fully saturated rings. The van der Waals surface area contributed by atoms with E-state index in [4.69, 9.17) is 5.11 Å². The molecule has 3 nitrogen and oxygen atoms in total. The molecule has 1 aliphatic rings. The number of unbranched alkanes of at least 4 members (excludes halogenated alkanes) is 1. The highest BCUT2D eigenvalue weighted by atomic mass is 19.4. The minimum atomic E-state index is -4.14. The molecule has 0 saturated heterocycles. The van der Waals surface area contributed by atoms with E-state index in [2.05, 4.69) is 0 Å². The van der Waals surface area contributed by atoms with Crippen molar-refractivity contribution in [3.63, 3.8) is 0 Å². The number of halogens is 3. The Bertz CT molecular complexity index is 299. The maximum Gasteiger partial charge on any atom is 0.391 e. The van der Waals surface area contributed by atoms with Gasteiger partial charge in [-0.05, 0) is 32.1 Å². The summed E-state index contributed by atoms with van der Waals surface area (Å²) in [6.07, 6.45) is -1.66. The minimum absolute atomic E-state index is 0.0423. The molecule has 20 heavy (non-hydrogen) atoms. The highest BCUT2D eigenvalue weighted by Gasteiger charge is 2.42. The quantitative estimate of drug-likeness (QED) is 0.818. The van der Waals surface area contributed by atoms with Crippen molar-refractivity contribution in [2.24, 2.45) is 11.8 Å². The molecular weight excluding hydrogens is 271 g/mol. The second kappa shape index (κ2) is 7.86. The lowest BCUT2D eigenvalue weighted by molar-refractivity contribution is -0.185. The van der Waals surface area contributed by atoms with Crippen LogP contribution in [0.3, 0.4) is 0 Å². The lowest BCUT2D eigenvalue weighted by atomic mass is 9.81. The third-order valence-electron chi connectivity index (χ3n) is 4.00. The van der Waals surface area contributed by atoms with Crippen LogP contribution in [0, 0.1) is 11.8 Å². The number of rotatable bonds is 6. The summed E-state index contributed by atoms with van der Waals surface area (Å²) < 4.78 is 37.8. The predicted molar refractivity (Wildman–Crippen MR) is 70.1 cm³/mol. The fraction of sp³-hybridized carbons (Fsp3) is 0.929. The van der Waals surface area contributed by atoms with Gasteiger partial charge >= 0.3 is 6.18 Å². The largest absolute Gasteiger partial charge is 0.395 e. The monoisotopic (exact) mass is 295 g/mol. The van der Waals surface area contributed by atoms with E-state index >= 15 is 0 Å². The van der Waals surface area contributed by atoms with Crippen LogP contribution in [-0.4, -0.2) is 41.8 Å². The van der Waals surface area contributed by atoms with E-state index in [0.29, 0.717) is 19.4 Å². The molecule has 6 heteroatoms. The van der Waals surface area contributed by atoms with Crippen LogP contribution in [-0.2, 0) is 4.79 Å². The Morgan fingerprint density at radius 3 is 2.25 bits per heavy atom. The van der Waals surface area contributed by atoms with Crippen LogP contribution in [0.5, 0.6) is 0 Å². The third kappa shape index (κ3) is 4.96. The van der Waals surface area contributed by atoms with Gasteiger partial charge in [-0.2, -0.15) is 13.2 Å². The van der Waals surface area contributed by atoms with Gasteiger partial charge in [-0.25, -0.2) is 0 Å². The zero-order valence-electron chi connectivity index (χ0n) is 12.0. The van der Waals surface area contributed by atoms with Crippen LogP contribution >= 0.6 is 0 Å². The molecule has 0 aromatic heterocycles. The van der Waals surface area contributed by atoms with Crippen molar-refractivity contribution in [3.05, 3.63) is 0 Å². The van der Waals surface area contributed by atoms with Gasteiger partial charge in [0.2, 0.25) is 5.91 Å². The normalized spacial score (nSPS) is 23.6. The average molecular weight is 295 g/mol. The van der Waals surface area contributed by atoms with Crippen molar-refractivity contribution in [2.45, 2.75) is 51.6 Å². The molecule has 0 atom stereocenters. The predicted octanol–water partition coefficient (Wildman–Crippen LogP) is 2.98. The third-order valence-corrected chi connectivity index (χ3v) is 4.00. The number of carbonyl (C=O) groups excluding carboxylic acids is 1. The molecule has 0 radical (unpaired) electrons. The number of nitrogens with zero attached hydrogens (tertiary/aromatic N) is 1. The second-order valence-corrected chi connectivity index (χ2v) is 5.49. The maximum atomic E-state index is 12.6. The van der Waals surface area contributed by atoms with E-state index in [1.54, 1.807) is 4.90 Å². The molecule has 0 aromatic carbocycles. The molecule has 0 bridgehead atoms. The van der Waals surface area contributed by atoms with Gasteiger partial charge in [0.05, 0.1) is 12.5 Å². The van der Waals surface area contributed by atoms with Crippen molar-refractivity contribution in [2.75, 3.05) is 19.7 Å². The number of hydrogen-bond acceptors (Lipinski definition) is 2. The van der Waals surface area contributed by atoms with Gasteiger partial charge in [-0.15, -0.1) is 0 Å². The lowest BCUT2D eigenvalue weighted by Gasteiger charge is -2.32. The van der Waals surface area contributed by atoms with Crippen LogP contribution in [0.4, 0.5) is 13.2 Å². The van der Waals surface area contributed by atoms with E-state index in [-0.39, 0.29) is 37.8 Å². The first-order chi connectivity index (χ1) is 9.40. The first-order valence-corrected chi connectivity index (χ1v) is 7.36. The SMILES string of the molecule is CCCCN(CCO)C(=O)C1CCC(C(F)(F)F)CC1. The summed E-state index contributed by atoms with van der Waals surface area (Å²) in [6, 6.07) is 0. The van der Waals surface area contributed by atoms with Crippen molar-refractivity contribution < 1.29 is 23.1 Å². The summed E-state index contributed by atoms with van der Waals surface area (Å²) in [4.78, 5) is 13.9. The van der Waals surface area contributed by atoms with Gasteiger partial charge in [0.1, 0.15) is 0 Å². The standard InChI is InChI=1S/C14H24F3NO2/c1-2-3-8-18(9-10-19)13(20)11-4-6-12(7-5-11)14(15,16)17/h11-12,19H,2-10H2,1H3. The fourth-order valence-electron chi connectivity index (χ4n) is 2.73. The van der Waals surface area contributed by atoms with Crippen molar-refractivity contribution in [3.8, 4) is 0 Å². The molecular formula is C14H24F3NO2. The average Bonchev–Trinajstić information content (AvgIpc) is 2.42. The zero-order chi connectivity index (χ0) is 15.2.